The monoisotopic (exact) mass is 376 g/mol. The van der Waals surface area contributed by atoms with Crippen LogP contribution in [0.1, 0.15) is 49.3 Å². The van der Waals surface area contributed by atoms with Crippen molar-refractivity contribution < 1.29 is 18.0 Å². The Morgan fingerprint density at radius 2 is 2.00 bits per heavy atom. The average Bonchev–Trinajstić information content (AvgIpc) is 2.98. The van der Waals surface area contributed by atoms with Crippen molar-refractivity contribution in [2.75, 3.05) is 12.4 Å². The van der Waals surface area contributed by atoms with Crippen LogP contribution in [0, 0.1) is 11.8 Å². The van der Waals surface area contributed by atoms with Crippen molar-refractivity contribution in [2.24, 2.45) is 11.8 Å². The van der Waals surface area contributed by atoms with Gasteiger partial charge in [-0.3, -0.25) is 15.6 Å². The van der Waals surface area contributed by atoms with E-state index in [-0.39, 0.29) is 24.3 Å². The zero-order valence-corrected chi connectivity index (χ0v) is 14.8. The van der Waals surface area contributed by atoms with Gasteiger partial charge in [0, 0.05) is 29.0 Å². The van der Waals surface area contributed by atoms with E-state index in [1.807, 2.05) is 0 Å². The highest BCUT2D eigenvalue weighted by molar-refractivity contribution is 7.15. The number of hydrazine groups is 1. The van der Waals surface area contributed by atoms with Gasteiger partial charge in [-0.2, -0.15) is 13.2 Å². The van der Waals surface area contributed by atoms with Crippen molar-refractivity contribution in [3.8, 4) is 0 Å². The minimum absolute atomic E-state index is 0.0733. The molecule has 1 aromatic rings. The molecule has 2 saturated carbocycles. The molecule has 2 fully saturated rings. The maximum Gasteiger partial charge on any atom is 0.392 e. The van der Waals surface area contributed by atoms with Crippen LogP contribution in [0.15, 0.2) is 6.20 Å². The van der Waals surface area contributed by atoms with E-state index >= 15 is 0 Å². The van der Waals surface area contributed by atoms with Crippen LogP contribution in [-0.2, 0) is 4.79 Å². The standard InChI is InChI=1S/C16H23F3N4OS/c1-20-23-10-6-9(7-10)14(24)22-15-21-8-13(25-15)11-4-2-3-5-12(11)16(17,18)19/h8-12,20,23H,2-7H2,1H3,(H,21,22,24)/t9-,10-,11-,12+/m1/s1. The highest BCUT2D eigenvalue weighted by Gasteiger charge is 2.46. The van der Waals surface area contributed by atoms with Crippen molar-refractivity contribution >= 4 is 22.4 Å². The Balaban J connectivity index is 1.59. The first-order chi connectivity index (χ1) is 11.9. The molecule has 1 amide bonds. The number of amides is 1. The number of carbonyl (C=O) groups excluding carboxylic acids is 1. The van der Waals surface area contributed by atoms with Crippen molar-refractivity contribution in [2.45, 2.75) is 56.7 Å². The van der Waals surface area contributed by atoms with E-state index < -0.39 is 18.0 Å². The molecule has 0 bridgehead atoms. The first-order valence-electron chi connectivity index (χ1n) is 8.64. The molecule has 3 N–H and O–H groups in total. The number of carbonyl (C=O) groups is 1. The Kier molecular flexibility index (Phi) is 5.65. The summed E-state index contributed by atoms with van der Waals surface area (Å²) in [5.74, 6) is -2.02. The maximum absolute atomic E-state index is 13.3. The number of anilines is 1. The third-order valence-electron chi connectivity index (χ3n) is 5.16. The molecule has 0 aromatic carbocycles. The first-order valence-corrected chi connectivity index (χ1v) is 9.45. The fraction of sp³-hybridized carbons (Fsp3) is 0.750. The molecular weight excluding hydrogens is 353 g/mol. The smallest absolute Gasteiger partial charge is 0.302 e. The topological polar surface area (TPSA) is 66.0 Å². The van der Waals surface area contributed by atoms with Crippen molar-refractivity contribution in [1.29, 1.82) is 0 Å². The predicted molar refractivity (Wildman–Crippen MR) is 90.2 cm³/mol. The van der Waals surface area contributed by atoms with Crippen molar-refractivity contribution in [1.82, 2.24) is 15.8 Å². The van der Waals surface area contributed by atoms with Gasteiger partial charge in [0.15, 0.2) is 5.13 Å². The number of hydrogen-bond donors (Lipinski definition) is 3. The number of nitrogens with zero attached hydrogens (tertiary/aromatic N) is 1. The van der Waals surface area contributed by atoms with Gasteiger partial charge >= 0.3 is 6.18 Å². The molecular formula is C16H23F3N4OS. The first kappa shape index (κ1) is 18.6. The molecule has 5 nitrogen and oxygen atoms in total. The van der Waals surface area contributed by atoms with Gasteiger partial charge in [-0.15, -0.1) is 11.3 Å². The summed E-state index contributed by atoms with van der Waals surface area (Å²) in [5, 5.41) is 3.16. The van der Waals surface area contributed by atoms with Crippen LogP contribution in [-0.4, -0.2) is 30.2 Å². The van der Waals surface area contributed by atoms with E-state index in [4.69, 9.17) is 0 Å². The number of halogens is 3. The molecule has 9 heteroatoms. The van der Waals surface area contributed by atoms with Gasteiger partial charge in [0.1, 0.15) is 0 Å². The quantitative estimate of drug-likeness (QED) is 0.689. The molecule has 0 unspecified atom stereocenters. The van der Waals surface area contributed by atoms with Gasteiger partial charge in [-0.05, 0) is 32.7 Å². The van der Waals surface area contributed by atoms with E-state index in [0.29, 0.717) is 22.9 Å². The van der Waals surface area contributed by atoms with Gasteiger partial charge < -0.3 is 5.32 Å². The fourth-order valence-corrected chi connectivity index (χ4v) is 4.76. The Bertz CT molecular complexity index is 600. The van der Waals surface area contributed by atoms with Crippen LogP contribution in [0.2, 0.25) is 0 Å². The third kappa shape index (κ3) is 4.32. The lowest BCUT2D eigenvalue weighted by Gasteiger charge is -2.34. The third-order valence-corrected chi connectivity index (χ3v) is 6.21. The minimum Gasteiger partial charge on any atom is -0.302 e. The second-order valence-electron chi connectivity index (χ2n) is 6.86. The molecule has 0 aliphatic heterocycles. The second-order valence-corrected chi connectivity index (χ2v) is 7.92. The Labute approximate surface area is 148 Å². The van der Waals surface area contributed by atoms with Gasteiger partial charge in [0.05, 0.1) is 5.92 Å². The zero-order chi connectivity index (χ0) is 18.0. The molecule has 0 saturated heterocycles. The van der Waals surface area contributed by atoms with Crippen LogP contribution in [0.3, 0.4) is 0 Å². The average molecular weight is 376 g/mol. The summed E-state index contributed by atoms with van der Waals surface area (Å²) in [6, 6.07) is 0.280. The number of rotatable bonds is 5. The predicted octanol–water partition coefficient (Wildman–Crippen LogP) is 3.42. The van der Waals surface area contributed by atoms with E-state index in [2.05, 4.69) is 21.2 Å². The minimum atomic E-state index is -4.18. The lowest BCUT2D eigenvalue weighted by molar-refractivity contribution is -0.187. The molecule has 140 valence electrons. The summed E-state index contributed by atoms with van der Waals surface area (Å²) < 4.78 is 39.8. The normalized spacial score (nSPS) is 29.9. The van der Waals surface area contributed by atoms with Gasteiger partial charge in [-0.25, -0.2) is 4.98 Å². The summed E-state index contributed by atoms with van der Waals surface area (Å²) in [6.07, 6.45) is 0.926. The van der Waals surface area contributed by atoms with E-state index in [0.717, 1.165) is 19.3 Å². The number of nitrogens with one attached hydrogen (secondary N) is 3. The van der Waals surface area contributed by atoms with Crippen LogP contribution in [0.5, 0.6) is 0 Å². The molecule has 2 atom stereocenters. The number of thiazole rings is 1. The molecule has 2 aliphatic rings. The summed E-state index contributed by atoms with van der Waals surface area (Å²) in [7, 11) is 1.78. The maximum atomic E-state index is 13.3. The van der Waals surface area contributed by atoms with Crippen LogP contribution >= 0.6 is 11.3 Å². The van der Waals surface area contributed by atoms with Gasteiger partial charge in [0.2, 0.25) is 5.91 Å². The fourth-order valence-electron chi connectivity index (χ4n) is 3.74. The van der Waals surface area contributed by atoms with Crippen LogP contribution < -0.4 is 16.2 Å². The number of aromatic nitrogens is 1. The van der Waals surface area contributed by atoms with Crippen LogP contribution in [0.4, 0.5) is 18.3 Å². The molecule has 0 spiro atoms. The summed E-state index contributed by atoms with van der Waals surface area (Å²) in [6.45, 7) is 0. The SMILES string of the molecule is CNN[C@H]1C[C@H](C(=O)Nc2ncc([C@@H]3CCCC[C@@H]3C(F)(F)F)s2)C1. The Hall–Kier alpha value is -1.19. The molecule has 1 heterocycles. The van der Waals surface area contributed by atoms with E-state index in [1.54, 1.807) is 7.05 Å². The van der Waals surface area contributed by atoms with Gasteiger partial charge in [-0.1, -0.05) is 12.8 Å². The lowest BCUT2D eigenvalue weighted by atomic mass is 9.78. The second kappa shape index (κ2) is 7.59. The highest BCUT2D eigenvalue weighted by Crippen LogP contribution is 2.48. The Morgan fingerprint density at radius 1 is 1.28 bits per heavy atom. The van der Waals surface area contributed by atoms with E-state index in [1.165, 1.54) is 17.5 Å². The summed E-state index contributed by atoms with van der Waals surface area (Å²) >= 11 is 1.18. The van der Waals surface area contributed by atoms with Crippen molar-refractivity contribution in [3.63, 3.8) is 0 Å². The Morgan fingerprint density at radius 3 is 2.68 bits per heavy atom. The van der Waals surface area contributed by atoms with Crippen LogP contribution in [0.25, 0.3) is 0 Å². The molecule has 3 rings (SSSR count). The highest BCUT2D eigenvalue weighted by atomic mass is 32.1. The molecule has 25 heavy (non-hydrogen) atoms. The molecule has 0 radical (unpaired) electrons. The summed E-state index contributed by atoms with van der Waals surface area (Å²) in [4.78, 5) is 16.9. The molecule has 1 aromatic heterocycles. The lowest BCUT2D eigenvalue weighted by Crippen LogP contribution is -2.49. The number of hydrogen-bond acceptors (Lipinski definition) is 5. The zero-order valence-electron chi connectivity index (χ0n) is 14.0. The molecule has 2 aliphatic carbocycles. The van der Waals surface area contributed by atoms with Gasteiger partial charge in [0.25, 0.3) is 0 Å². The van der Waals surface area contributed by atoms with E-state index in [9.17, 15) is 18.0 Å². The summed E-state index contributed by atoms with van der Waals surface area (Å²) in [5.41, 5.74) is 5.90. The van der Waals surface area contributed by atoms with Crippen molar-refractivity contribution in [3.05, 3.63) is 11.1 Å². The largest absolute Gasteiger partial charge is 0.392 e. The number of alkyl halides is 3.